The van der Waals surface area contributed by atoms with Gasteiger partial charge in [0.25, 0.3) is 0 Å². The van der Waals surface area contributed by atoms with E-state index in [4.69, 9.17) is 0 Å². The topological polar surface area (TPSA) is 53.2 Å². The molecule has 2 saturated heterocycles. The van der Waals surface area contributed by atoms with Crippen LogP contribution >= 0.6 is 0 Å². The summed E-state index contributed by atoms with van der Waals surface area (Å²) in [5, 5.41) is 8.90. The summed E-state index contributed by atoms with van der Waals surface area (Å²) in [6.45, 7) is 4.17. The van der Waals surface area contributed by atoms with E-state index in [1.807, 2.05) is 0 Å². The molecule has 2 fully saturated rings. The molecule has 2 aliphatic heterocycles. The lowest BCUT2D eigenvalue weighted by atomic mass is 10.4. The summed E-state index contributed by atoms with van der Waals surface area (Å²) >= 11 is 0. The van der Waals surface area contributed by atoms with E-state index in [2.05, 4.69) is 16.0 Å². The van der Waals surface area contributed by atoms with Gasteiger partial charge in [-0.05, 0) is 6.42 Å². The molecule has 0 aromatic carbocycles. The Bertz CT molecular complexity index is 107. The molecule has 0 aromatic heterocycles. The molecular weight excluding hydrogens is 142 g/mol. The van der Waals surface area contributed by atoms with Crippen LogP contribution in [-0.2, 0) is 4.79 Å². The Morgan fingerprint density at radius 2 is 1.82 bits per heavy atom. The van der Waals surface area contributed by atoms with Crippen LogP contribution < -0.4 is 16.0 Å². The molecule has 2 rings (SSSR count). The van der Waals surface area contributed by atoms with E-state index in [-0.39, 0.29) is 5.91 Å². The van der Waals surface area contributed by atoms with E-state index < -0.39 is 0 Å². The Balaban J connectivity index is 0.000000112. The fourth-order valence-electron chi connectivity index (χ4n) is 1.01. The fraction of sp³-hybridized carbons (Fsp3) is 0.857. The quantitative estimate of drug-likeness (QED) is 0.424. The van der Waals surface area contributed by atoms with Gasteiger partial charge >= 0.3 is 0 Å². The molecule has 0 atom stereocenters. The molecule has 0 aromatic rings. The van der Waals surface area contributed by atoms with Crippen LogP contribution in [0.3, 0.4) is 0 Å². The fourth-order valence-corrected chi connectivity index (χ4v) is 1.01. The van der Waals surface area contributed by atoms with E-state index in [1.165, 1.54) is 0 Å². The molecule has 0 unspecified atom stereocenters. The molecule has 4 nitrogen and oxygen atoms in total. The predicted molar refractivity (Wildman–Crippen MR) is 43.1 cm³/mol. The van der Waals surface area contributed by atoms with Gasteiger partial charge in [0.15, 0.2) is 0 Å². The molecule has 0 spiro atoms. The number of carbonyl (C=O) groups is 1. The average molecular weight is 157 g/mol. The molecule has 11 heavy (non-hydrogen) atoms. The van der Waals surface area contributed by atoms with Gasteiger partial charge in [0.1, 0.15) is 0 Å². The molecule has 0 saturated carbocycles. The lowest BCUT2D eigenvalue weighted by Crippen LogP contribution is -2.12. The average Bonchev–Trinajstić information content (AvgIpc) is 2.57. The van der Waals surface area contributed by atoms with Gasteiger partial charge in [0.2, 0.25) is 5.91 Å². The zero-order chi connectivity index (χ0) is 7.94. The van der Waals surface area contributed by atoms with E-state index in [9.17, 15) is 4.79 Å². The largest absolute Gasteiger partial charge is 0.356 e. The highest BCUT2D eigenvalue weighted by atomic mass is 16.1. The molecule has 0 bridgehead atoms. The van der Waals surface area contributed by atoms with Crippen molar-refractivity contribution in [2.75, 3.05) is 26.3 Å². The molecule has 3 N–H and O–H groups in total. The highest BCUT2D eigenvalue weighted by Crippen LogP contribution is 1.93. The minimum atomic E-state index is 0.204. The maximum atomic E-state index is 10.1. The molecule has 2 aliphatic rings. The monoisotopic (exact) mass is 157 g/mol. The third-order valence-electron chi connectivity index (χ3n) is 1.63. The van der Waals surface area contributed by atoms with Crippen molar-refractivity contribution in [3.8, 4) is 0 Å². The van der Waals surface area contributed by atoms with E-state index >= 15 is 0 Å². The van der Waals surface area contributed by atoms with Gasteiger partial charge in [0.05, 0.1) is 0 Å². The molecular formula is C7H15N3O. The van der Waals surface area contributed by atoms with Crippen molar-refractivity contribution in [3.05, 3.63) is 0 Å². The zero-order valence-electron chi connectivity index (χ0n) is 6.65. The zero-order valence-corrected chi connectivity index (χ0v) is 6.65. The van der Waals surface area contributed by atoms with E-state index in [1.54, 1.807) is 0 Å². The summed E-state index contributed by atoms with van der Waals surface area (Å²) < 4.78 is 0. The number of nitrogens with one attached hydrogen (secondary N) is 3. The maximum Gasteiger partial charge on any atom is 0.220 e. The Labute approximate surface area is 66.7 Å². The van der Waals surface area contributed by atoms with Gasteiger partial charge in [-0.1, -0.05) is 0 Å². The number of amides is 1. The third-order valence-corrected chi connectivity index (χ3v) is 1.63. The van der Waals surface area contributed by atoms with Gasteiger partial charge in [-0.3, -0.25) is 4.79 Å². The Hall–Kier alpha value is -0.610. The summed E-state index contributed by atoms with van der Waals surface area (Å²) in [6, 6.07) is 0. The summed E-state index contributed by atoms with van der Waals surface area (Å²) in [6.07, 6.45) is 1.76. The second-order valence-corrected chi connectivity index (χ2v) is 2.63. The first kappa shape index (κ1) is 8.49. The normalized spacial score (nSPS) is 22.4. The van der Waals surface area contributed by atoms with Crippen molar-refractivity contribution in [1.82, 2.24) is 16.0 Å². The lowest BCUT2D eigenvalue weighted by Gasteiger charge is -1.80. The van der Waals surface area contributed by atoms with Crippen LogP contribution in [0, 0.1) is 0 Å². The number of carbonyl (C=O) groups excluding carboxylic acids is 1. The van der Waals surface area contributed by atoms with Gasteiger partial charge in [0, 0.05) is 32.7 Å². The first-order valence-electron chi connectivity index (χ1n) is 4.08. The SMILES string of the molecule is C1CNCN1.O=C1CCCN1. The second kappa shape index (κ2) is 5.09. The number of rotatable bonds is 0. The van der Waals surface area contributed by atoms with Crippen LogP contribution in [-0.4, -0.2) is 32.2 Å². The standard InChI is InChI=1S/C4H7NO.C3H8N2/c6-4-2-1-3-5-4;1-2-5-3-4-1/h1-3H2,(H,5,6);4-5H,1-3H2. The second-order valence-electron chi connectivity index (χ2n) is 2.63. The minimum Gasteiger partial charge on any atom is -0.356 e. The smallest absolute Gasteiger partial charge is 0.220 e. The summed E-state index contributed by atoms with van der Waals surface area (Å²) in [7, 11) is 0. The highest BCUT2D eigenvalue weighted by molar-refractivity contribution is 5.77. The van der Waals surface area contributed by atoms with Gasteiger partial charge in [-0.15, -0.1) is 0 Å². The van der Waals surface area contributed by atoms with Crippen molar-refractivity contribution in [3.63, 3.8) is 0 Å². The lowest BCUT2D eigenvalue weighted by molar-refractivity contribution is -0.119. The van der Waals surface area contributed by atoms with Crippen LogP contribution in [0.15, 0.2) is 0 Å². The minimum absolute atomic E-state index is 0.204. The first-order chi connectivity index (χ1) is 5.39. The maximum absolute atomic E-state index is 10.1. The Kier molecular flexibility index (Phi) is 3.93. The predicted octanol–water partition coefficient (Wildman–Crippen LogP) is -0.967. The molecule has 2 heterocycles. The van der Waals surface area contributed by atoms with E-state index in [0.717, 1.165) is 39.1 Å². The summed E-state index contributed by atoms with van der Waals surface area (Å²) in [5.74, 6) is 0.204. The van der Waals surface area contributed by atoms with Crippen molar-refractivity contribution in [2.45, 2.75) is 12.8 Å². The van der Waals surface area contributed by atoms with Crippen LogP contribution in [0.2, 0.25) is 0 Å². The van der Waals surface area contributed by atoms with Crippen LogP contribution in [0.25, 0.3) is 0 Å². The van der Waals surface area contributed by atoms with E-state index in [0.29, 0.717) is 0 Å². The van der Waals surface area contributed by atoms with Crippen LogP contribution in [0.4, 0.5) is 0 Å². The first-order valence-corrected chi connectivity index (χ1v) is 4.08. The highest BCUT2D eigenvalue weighted by Gasteiger charge is 2.05. The molecule has 0 aliphatic carbocycles. The summed E-state index contributed by atoms with van der Waals surface area (Å²) in [5.41, 5.74) is 0. The molecule has 1 amide bonds. The van der Waals surface area contributed by atoms with Gasteiger partial charge in [-0.25, -0.2) is 0 Å². The van der Waals surface area contributed by atoms with Crippen molar-refractivity contribution in [1.29, 1.82) is 0 Å². The van der Waals surface area contributed by atoms with Crippen LogP contribution in [0.1, 0.15) is 12.8 Å². The van der Waals surface area contributed by atoms with Crippen LogP contribution in [0.5, 0.6) is 0 Å². The van der Waals surface area contributed by atoms with Crippen molar-refractivity contribution >= 4 is 5.91 Å². The Morgan fingerprint density at radius 3 is 2.00 bits per heavy atom. The van der Waals surface area contributed by atoms with Gasteiger partial charge < -0.3 is 16.0 Å². The third kappa shape index (κ3) is 3.95. The molecule has 4 heteroatoms. The number of hydrogen-bond acceptors (Lipinski definition) is 3. The van der Waals surface area contributed by atoms with Crippen molar-refractivity contribution < 1.29 is 4.79 Å². The van der Waals surface area contributed by atoms with Crippen molar-refractivity contribution in [2.24, 2.45) is 0 Å². The number of hydrogen-bond donors (Lipinski definition) is 3. The Morgan fingerprint density at radius 1 is 1.09 bits per heavy atom. The van der Waals surface area contributed by atoms with Gasteiger partial charge in [-0.2, -0.15) is 0 Å². The summed E-state index contributed by atoms with van der Waals surface area (Å²) in [4.78, 5) is 10.1. The molecule has 64 valence electrons. The molecule has 0 radical (unpaired) electrons.